The summed E-state index contributed by atoms with van der Waals surface area (Å²) in [7, 11) is -3.68. The smallest absolute Gasteiger partial charge is 0.243 e. The van der Waals surface area contributed by atoms with Gasteiger partial charge in [-0.1, -0.05) is 26.8 Å². The molecular weight excluding hydrogens is 332 g/mol. The van der Waals surface area contributed by atoms with Gasteiger partial charge in [-0.3, -0.25) is 9.59 Å². The Morgan fingerprint density at radius 3 is 2.46 bits per heavy atom. The number of hydrogen-bond acceptors (Lipinski definition) is 5. The zero-order valence-corrected chi connectivity index (χ0v) is 14.9. The number of nitrogens with one attached hydrogen (secondary N) is 3. The van der Waals surface area contributed by atoms with E-state index in [0.29, 0.717) is 5.69 Å². The third kappa shape index (κ3) is 6.26. The summed E-state index contributed by atoms with van der Waals surface area (Å²) in [6.45, 7) is 5.33. The van der Waals surface area contributed by atoms with Gasteiger partial charge < -0.3 is 16.4 Å². The van der Waals surface area contributed by atoms with Crippen LogP contribution < -0.4 is 21.1 Å². The molecular formula is C15H24N4O4S. The van der Waals surface area contributed by atoms with Crippen molar-refractivity contribution >= 4 is 27.5 Å². The van der Waals surface area contributed by atoms with Gasteiger partial charge in [0.2, 0.25) is 21.8 Å². The zero-order chi connectivity index (χ0) is 18.4. The summed E-state index contributed by atoms with van der Waals surface area (Å²) in [5.41, 5.74) is 5.01. The normalized spacial score (nSPS) is 11.8. The molecule has 2 amide bonds. The molecule has 0 heterocycles. The van der Waals surface area contributed by atoms with Crippen LogP contribution >= 0.6 is 0 Å². The fourth-order valence-corrected chi connectivity index (χ4v) is 2.74. The lowest BCUT2D eigenvalue weighted by Crippen LogP contribution is -2.39. The van der Waals surface area contributed by atoms with E-state index in [-0.39, 0.29) is 30.4 Å². The molecule has 0 radical (unpaired) electrons. The molecule has 0 fully saturated rings. The number of hydrogen-bond donors (Lipinski definition) is 4. The van der Waals surface area contributed by atoms with Crippen LogP contribution in [0.3, 0.4) is 0 Å². The van der Waals surface area contributed by atoms with E-state index in [1.165, 1.54) is 18.2 Å². The monoisotopic (exact) mass is 356 g/mol. The zero-order valence-electron chi connectivity index (χ0n) is 14.0. The summed E-state index contributed by atoms with van der Waals surface area (Å²) < 4.78 is 26.4. The van der Waals surface area contributed by atoms with E-state index in [1.54, 1.807) is 26.8 Å². The first-order chi connectivity index (χ1) is 11.1. The summed E-state index contributed by atoms with van der Waals surface area (Å²) >= 11 is 0. The quantitative estimate of drug-likeness (QED) is 0.547. The molecule has 0 atom stereocenters. The molecule has 5 N–H and O–H groups in total. The minimum absolute atomic E-state index is 0.0208. The second-order valence-electron chi connectivity index (χ2n) is 6.20. The molecule has 0 aromatic heterocycles. The van der Waals surface area contributed by atoms with Gasteiger partial charge in [-0.25, -0.2) is 13.1 Å². The molecule has 0 saturated heterocycles. The SMILES string of the molecule is CC(C)(C)C(=O)NCC(=O)Nc1cccc(S(=O)(=O)NCCN)c1. The van der Waals surface area contributed by atoms with Crippen molar-refractivity contribution in [2.45, 2.75) is 25.7 Å². The van der Waals surface area contributed by atoms with Crippen LogP contribution in [0.4, 0.5) is 5.69 Å². The summed E-state index contributed by atoms with van der Waals surface area (Å²) in [6.07, 6.45) is 0. The number of carbonyl (C=O) groups is 2. The van der Waals surface area contributed by atoms with Crippen LogP contribution in [0.25, 0.3) is 0 Å². The van der Waals surface area contributed by atoms with Gasteiger partial charge in [0.15, 0.2) is 0 Å². The van der Waals surface area contributed by atoms with E-state index in [1.807, 2.05) is 0 Å². The van der Waals surface area contributed by atoms with Gasteiger partial charge in [-0.05, 0) is 18.2 Å². The van der Waals surface area contributed by atoms with E-state index in [9.17, 15) is 18.0 Å². The van der Waals surface area contributed by atoms with E-state index >= 15 is 0 Å². The summed E-state index contributed by atoms with van der Waals surface area (Å²) in [5.74, 6) is -0.697. The van der Waals surface area contributed by atoms with Crippen molar-refractivity contribution in [1.29, 1.82) is 0 Å². The fraction of sp³-hybridized carbons (Fsp3) is 0.467. The van der Waals surface area contributed by atoms with Crippen LogP contribution in [0, 0.1) is 5.41 Å². The fourth-order valence-electron chi connectivity index (χ4n) is 1.65. The predicted octanol–water partition coefficient (Wildman–Crippen LogP) is 0.0244. The lowest BCUT2D eigenvalue weighted by molar-refractivity contribution is -0.130. The molecule has 0 spiro atoms. The molecule has 0 aliphatic rings. The largest absolute Gasteiger partial charge is 0.347 e. The molecule has 134 valence electrons. The third-order valence-electron chi connectivity index (χ3n) is 2.96. The van der Waals surface area contributed by atoms with Gasteiger partial charge in [-0.2, -0.15) is 0 Å². The van der Waals surface area contributed by atoms with Gasteiger partial charge in [0.25, 0.3) is 0 Å². The van der Waals surface area contributed by atoms with Gasteiger partial charge in [0.05, 0.1) is 11.4 Å². The van der Waals surface area contributed by atoms with Gasteiger partial charge in [0, 0.05) is 24.2 Å². The molecule has 9 heteroatoms. The van der Waals surface area contributed by atoms with Crippen molar-refractivity contribution in [2.75, 3.05) is 25.0 Å². The van der Waals surface area contributed by atoms with E-state index in [2.05, 4.69) is 15.4 Å². The highest BCUT2D eigenvalue weighted by Gasteiger charge is 2.21. The van der Waals surface area contributed by atoms with Crippen LogP contribution in [0.2, 0.25) is 0 Å². The molecule has 24 heavy (non-hydrogen) atoms. The molecule has 1 aromatic rings. The molecule has 0 saturated carbocycles. The van der Waals surface area contributed by atoms with Gasteiger partial charge in [-0.15, -0.1) is 0 Å². The van der Waals surface area contributed by atoms with Crippen LogP contribution in [0.15, 0.2) is 29.2 Å². The minimum Gasteiger partial charge on any atom is -0.347 e. The van der Waals surface area contributed by atoms with Gasteiger partial charge >= 0.3 is 0 Å². The predicted molar refractivity (Wildman–Crippen MR) is 91.8 cm³/mol. The molecule has 0 bridgehead atoms. The van der Waals surface area contributed by atoms with E-state index in [0.717, 1.165) is 0 Å². The maximum absolute atomic E-state index is 12.0. The van der Waals surface area contributed by atoms with Crippen LogP contribution in [-0.2, 0) is 19.6 Å². The maximum atomic E-state index is 12.0. The number of anilines is 1. The number of rotatable bonds is 7. The van der Waals surface area contributed by atoms with Crippen molar-refractivity contribution in [2.24, 2.45) is 11.1 Å². The molecule has 0 unspecified atom stereocenters. The van der Waals surface area contributed by atoms with Crippen LogP contribution in [0.1, 0.15) is 20.8 Å². The Morgan fingerprint density at radius 2 is 1.88 bits per heavy atom. The highest BCUT2D eigenvalue weighted by molar-refractivity contribution is 7.89. The third-order valence-corrected chi connectivity index (χ3v) is 4.41. The van der Waals surface area contributed by atoms with E-state index < -0.39 is 21.3 Å². The number of carbonyl (C=O) groups excluding carboxylic acids is 2. The van der Waals surface area contributed by atoms with Crippen LogP contribution in [0.5, 0.6) is 0 Å². The summed E-state index contributed by atoms with van der Waals surface area (Å²) in [4.78, 5) is 23.6. The highest BCUT2D eigenvalue weighted by atomic mass is 32.2. The van der Waals surface area contributed by atoms with Crippen molar-refractivity contribution in [3.05, 3.63) is 24.3 Å². The molecule has 0 aliphatic heterocycles. The minimum atomic E-state index is -3.68. The van der Waals surface area contributed by atoms with Crippen LogP contribution in [-0.4, -0.2) is 39.9 Å². The van der Waals surface area contributed by atoms with E-state index in [4.69, 9.17) is 5.73 Å². The molecule has 1 aromatic carbocycles. The van der Waals surface area contributed by atoms with Crippen molar-refractivity contribution in [3.8, 4) is 0 Å². The average molecular weight is 356 g/mol. The second-order valence-corrected chi connectivity index (χ2v) is 7.96. The Bertz CT molecular complexity index is 696. The maximum Gasteiger partial charge on any atom is 0.243 e. The average Bonchev–Trinajstić information content (AvgIpc) is 2.50. The number of nitrogens with two attached hydrogens (primary N) is 1. The topological polar surface area (TPSA) is 130 Å². The molecule has 0 aliphatic carbocycles. The van der Waals surface area contributed by atoms with Crippen molar-refractivity contribution < 1.29 is 18.0 Å². The highest BCUT2D eigenvalue weighted by Crippen LogP contribution is 2.15. The molecule has 8 nitrogen and oxygen atoms in total. The standard InChI is InChI=1S/C15H24N4O4S/c1-15(2,3)14(21)17-10-13(20)19-11-5-4-6-12(9-11)24(22,23)18-8-7-16/h4-6,9,18H,7-8,10,16H2,1-3H3,(H,17,21)(H,19,20). The number of sulfonamides is 1. The Hall–Kier alpha value is -1.97. The first kappa shape index (κ1) is 20.1. The lowest BCUT2D eigenvalue weighted by Gasteiger charge is -2.17. The number of benzene rings is 1. The Kier molecular flexibility index (Phi) is 6.88. The van der Waals surface area contributed by atoms with Crippen molar-refractivity contribution in [1.82, 2.24) is 10.0 Å². The first-order valence-corrected chi connectivity index (χ1v) is 8.92. The Labute approximate surface area is 142 Å². The second kappa shape index (κ2) is 8.22. The molecule has 1 rings (SSSR count). The Morgan fingerprint density at radius 1 is 1.21 bits per heavy atom. The first-order valence-electron chi connectivity index (χ1n) is 7.44. The Balaban J connectivity index is 2.71. The van der Waals surface area contributed by atoms with Crippen molar-refractivity contribution in [3.63, 3.8) is 0 Å². The summed E-state index contributed by atoms with van der Waals surface area (Å²) in [5, 5.41) is 5.07. The summed E-state index contributed by atoms with van der Waals surface area (Å²) in [6, 6.07) is 5.82. The lowest BCUT2D eigenvalue weighted by atomic mass is 9.96. The number of amides is 2. The van der Waals surface area contributed by atoms with Gasteiger partial charge in [0.1, 0.15) is 0 Å².